The SMILES string of the molecule is CCC(C)C1C(=O)NC(CC(C)C)C(=O)N1CCCOC. The number of methoxy groups -OCH3 is 1. The number of ether oxygens (including phenoxy) is 1. The molecule has 0 aromatic carbocycles. The second-order valence-corrected chi connectivity index (χ2v) is 6.40. The number of amides is 2. The zero-order chi connectivity index (χ0) is 16.0. The predicted molar refractivity (Wildman–Crippen MR) is 82.8 cm³/mol. The van der Waals surface area contributed by atoms with E-state index in [2.05, 4.69) is 26.1 Å². The molecule has 5 heteroatoms. The minimum atomic E-state index is -0.375. The van der Waals surface area contributed by atoms with E-state index in [0.717, 1.165) is 12.8 Å². The summed E-state index contributed by atoms with van der Waals surface area (Å²) in [5, 5.41) is 2.92. The molecule has 1 saturated heterocycles. The highest BCUT2D eigenvalue weighted by molar-refractivity contribution is 5.97. The molecule has 1 aliphatic rings. The lowest BCUT2D eigenvalue weighted by atomic mass is 9.91. The topological polar surface area (TPSA) is 58.6 Å². The molecule has 0 aromatic rings. The van der Waals surface area contributed by atoms with Crippen LogP contribution < -0.4 is 5.32 Å². The van der Waals surface area contributed by atoms with E-state index < -0.39 is 0 Å². The monoisotopic (exact) mass is 298 g/mol. The maximum absolute atomic E-state index is 12.7. The van der Waals surface area contributed by atoms with Crippen molar-refractivity contribution in [1.82, 2.24) is 10.2 Å². The van der Waals surface area contributed by atoms with Gasteiger partial charge in [-0.25, -0.2) is 0 Å². The molecule has 1 heterocycles. The first-order valence-corrected chi connectivity index (χ1v) is 8.02. The van der Waals surface area contributed by atoms with E-state index in [-0.39, 0.29) is 29.8 Å². The first-order valence-electron chi connectivity index (χ1n) is 8.02. The average Bonchev–Trinajstić information content (AvgIpc) is 2.42. The summed E-state index contributed by atoms with van der Waals surface area (Å²) in [4.78, 5) is 26.9. The van der Waals surface area contributed by atoms with Crippen molar-refractivity contribution in [3.8, 4) is 0 Å². The summed E-state index contributed by atoms with van der Waals surface area (Å²) >= 11 is 0. The number of hydrogen-bond donors (Lipinski definition) is 1. The normalized spacial score (nSPS) is 24.4. The third kappa shape index (κ3) is 4.70. The van der Waals surface area contributed by atoms with Crippen molar-refractivity contribution < 1.29 is 14.3 Å². The maximum Gasteiger partial charge on any atom is 0.245 e. The average molecular weight is 298 g/mol. The number of carbonyl (C=O) groups excluding carboxylic acids is 2. The highest BCUT2D eigenvalue weighted by atomic mass is 16.5. The van der Waals surface area contributed by atoms with E-state index >= 15 is 0 Å². The Kier molecular flexibility index (Phi) is 7.15. The Hall–Kier alpha value is -1.10. The van der Waals surface area contributed by atoms with Gasteiger partial charge in [-0.1, -0.05) is 34.1 Å². The van der Waals surface area contributed by atoms with Crippen molar-refractivity contribution in [2.45, 2.75) is 59.0 Å². The summed E-state index contributed by atoms with van der Waals surface area (Å²) in [7, 11) is 1.65. The molecule has 0 spiro atoms. The molecule has 0 aliphatic carbocycles. The molecule has 1 fully saturated rings. The van der Waals surface area contributed by atoms with Gasteiger partial charge in [-0.3, -0.25) is 9.59 Å². The summed E-state index contributed by atoms with van der Waals surface area (Å²) in [5.41, 5.74) is 0. The van der Waals surface area contributed by atoms with Gasteiger partial charge in [0, 0.05) is 20.3 Å². The van der Waals surface area contributed by atoms with Gasteiger partial charge < -0.3 is 15.0 Å². The van der Waals surface area contributed by atoms with Crippen LogP contribution in [-0.2, 0) is 14.3 Å². The van der Waals surface area contributed by atoms with Gasteiger partial charge in [-0.2, -0.15) is 0 Å². The summed E-state index contributed by atoms with van der Waals surface area (Å²) in [6, 6.07) is -0.719. The van der Waals surface area contributed by atoms with Gasteiger partial charge in [0.05, 0.1) is 0 Å². The van der Waals surface area contributed by atoms with Crippen molar-refractivity contribution in [3.05, 3.63) is 0 Å². The predicted octanol–water partition coefficient (Wildman–Crippen LogP) is 1.81. The highest BCUT2D eigenvalue weighted by Crippen LogP contribution is 2.22. The number of piperazine rings is 1. The van der Waals surface area contributed by atoms with E-state index in [1.165, 1.54) is 0 Å². The van der Waals surface area contributed by atoms with Crippen LogP contribution in [0, 0.1) is 11.8 Å². The summed E-state index contributed by atoms with van der Waals surface area (Å²) in [6.45, 7) is 9.40. The van der Waals surface area contributed by atoms with E-state index in [1.807, 2.05) is 6.92 Å². The molecule has 3 unspecified atom stereocenters. The third-order valence-electron chi connectivity index (χ3n) is 4.14. The number of nitrogens with one attached hydrogen (secondary N) is 1. The molecule has 122 valence electrons. The van der Waals surface area contributed by atoms with Crippen LogP contribution >= 0.6 is 0 Å². The number of rotatable bonds is 8. The maximum atomic E-state index is 12.7. The van der Waals surface area contributed by atoms with Gasteiger partial charge in [0.1, 0.15) is 12.1 Å². The van der Waals surface area contributed by atoms with Gasteiger partial charge in [0.25, 0.3) is 0 Å². The lowest BCUT2D eigenvalue weighted by Crippen LogP contribution is -2.65. The smallest absolute Gasteiger partial charge is 0.245 e. The lowest BCUT2D eigenvalue weighted by molar-refractivity contribution is -0.152. The van der Waals surface area contributed by atoms with Crippen LogP contribution in [-0.4, -0.2) is 49.1 Å². The van der Waals surface area contributed by atoms with Gasteiger partial charge in [-0.05, 0) is 24.7 Å². The van der Waals surface area contributed by atoms with Crippen LogP contribution in [0.4, 0.5) is 0 Å². The van der Waals surface area contributed by atoms with Crippen molar-refractivity contribution >= 4 is 11.8 Å². The molecule has 0 saturated carbocycles. The van der Waals surface area contributed by atoms with Crippen LogP contribution in [0.25, 0.3) is 0 Å². The number of carbonyl (C=O) groups is 2. The summed E-state index contributed by atoms with van der Waals surface area (Å²) in [6.07, 6.45) is 2.33. The Morgan fingerprint density at radius 3 is 2.48 bits per heavy atom. The third-order valence-corrected chi connectivity index (χ3v) is 4.14. The van der Waals surface area contributed by atoms with E-state index in [4.69, 9.17) is 4.74 Å². The zero-order valence-corrected chi connectivity index (χ0v) is 14.0. The number of hydrogen-bond acceptors (Lipinski definition) is 3. The van der Waals surface area contributed by atoms with Crippen molar-refractivity contribution in [2.24, 2.45) is 11.8 Å². The van der Waals surface area contributed by atoms with Crippen molar-refractivity contribution in [2.75, 3.05) is 20.3 Å². The fraction of sp³-hybridized carbons (Fsp3) is 0.875. The van der Waals surface area contributed by atoms with Crippen LogP contribution in [0.3, 0.4) is 0 Å². The molecule has 21 heavy (non-hydrogen) atoms. The van der Waals surface area contributed by atoms with Crippen molar-refractivity contribution in [1.29, 1.82) is 0 Å². The minimum Gasteiger partial charge on any atom is -0.385 e. The first-order chi connectivity index (χ1) is 9.92. The molecule has 0 aromatic heterocycles. The number of nitrogens with zero attached hydrogens (tertiary/aromatic N) is 1. The van der Waals surface area contributed by atoms with Gasteiger partial charge in [-0.15, -0.1) is 0 Å². The fourth-order valence-electron chi connectivity index (χ4n) is 2.85. The van der Waals surface area contributed by atoms with Gasteiger partial charge >= 0.3 is 0 Å². The van der Waals surface area contributed by atoms with Gasteiger partial charge in [0.15, 0.2) is 0 Å². The zero-order valence-electron chi connectivity index (χ0n) is 14.0. The lowest BCUT2D eigenvalue weighted by Gasteiger charge is -2.42. The van der Waals surface area contributed by atoms with Crippen LogP contribution in [0.5, 0.6) is 0 Å². The molecule has 0 radical (unpaired) electrons. The summed E-state index contributed by atoms with van der Waals surface area (Å²) in [5.74, 6) is 0.591. The highest BCUT2D eigenvalue weighted by Gasteiger charge is 2.42. The molecule has 1 rings (SSSR count). The molecule has 1 aliphatic heterocycles. The van der Waals surface area contributed by atoms with Crippen molar-refractivity contribution in [3.63, 3.8) is 0 Å². The molecular formula is C16H30N2O3. The van der Waals surface area contributed by atoms with Crippen LogP contribution in [0.1, 0.15) is 47.0 Å². The molecule has 1 N–H and O–H groups in total. The molecular weight excluding hydrogens is 268 g/mol. The second kappa shape index (κ2) is 8.37. The Labute approximate surface area is 128 Å². The minimum absolute atomic E-state index is 0.00739. The van der Waals surface area contributed by atoms with E-state index in [0.29, 0.717) is 25.5 Å². The summed E-state index contributed by atoms with van der Waals surface area (Å²) < 4.78 is 5.07. The molecule has 2 amide bonds. The quantitative estimate of drug-likeness (QED) is 0.695. The second-order valence-electron chi connectivity index (χ2n) is 6.40. The standard InChI is InChI=1S/C16H30N2O3/c1-6-12(4)14-15(19)17-13(10-11(2)3)16(20)18(14)8-7-9-21-5/h11-14H,6-10H2,1-5H3,(H,17,19). The van der Waals surface area contributed by atoms with E-state index in [1.54, 1.807) is 12.0 Å². The largest absolute Gasteiger partial charge is 0.385 e. The van der Waals surface area contributed by atoms with E-state index in [9.17, 15) is 9.59 Å². The Morgan fingerprint density at radius 1 is 1.29 bits per heavy atom. The molecule has 5 nitrogen and oxygen atoms in total. The van der Waals surface area contributed by atoms with Crippen LogP contribution in [0.15, 0.2) is 0 Å². The Morgan fingerprint density at radius 2 is 1.95 bits per heavy atom. The first kappa shape index (κ1) is 18.0. The fourth-order valence-corrected chi connectivity index (χ4v) is 2.85. The Bertz CT molecular complexity index is 357. The van der Waals surface area contributed by atoms with Crippen LogP contribution in [0.2, 0.25) is 0 Å². The molecule has 3 atom stereocenters. The molecule has 0 bridgehead atoms. The van der Waals surface area contributed by atoms with Gasteiger partial charge in [0.2, 0.25) is 11.8 Å². The Balaban J connectivity index is 2.88.